The third-order valence-corrected chi connectivity index (χ3v) is 4.35. The third-order valence-electron chi connectivity index (χ3n) is 4.35. The van der Waals surface area contributed by atoms with Crippen LogP contribution in [0.5, 0.6) is 0 Å². The van der Waals surface area contributed by atoms with Crippen molar-refractivity contribution in [2.75, 3.05) is 6.54 Å². The molecule has 1 aliphatic rings. The second kappa shape index (κ2) is 6.71. The smallest absolute Gasteiger partial charge is 0.123 e. The summed E-state index contributed by atoms with van der Waals surface area (Å²) in [7, 11) is 0. The zero-order valence-electron chi connectivity index (χ0n) is 13.1. The van der Waals surface area contributed by atoms with Crippen LogP contribution in [0.3, 0.4) is 0 Å². The molecule has 112 valence electrons. The van der Waals surface area contributed by atoms with E-state index in [1.165, 1.54) is 31.7 Å². The molecule has 0 heterocycles. The van der Waals surface area contributed by atoms with Gasteiger partial charge in [-0.05, 0) is 76.1 Å². The fourth-order valence-electron chi connectivity index (χ4n) is 3.23. The predicted molar refractivity (Wildman–Crippen MR) is 83.3 cm³/mol. The Morgan fingerprint density at radius 1 is 1.15 bits per heavy atom. The van der Waals surface area contributed by atoms with Crippen LogP contribution >= 0.6 is 0 Å². The topological polar surface area (TPSA) is 12.0 Å². The quantitative estimate of drug-likeness (QED) is 0.850. The van der Waals surface area contributed by atoms with Crippen LogP contribution < -0.4 is 5.32 Å². The minimum Gasteiger partial charge on any atom is -0.312 e. The third kappa shape index (κ3) is 4.90. The highest BCUT2D eigenvalue weighted by Gasteiger charge is 2.26. The Balaban J connectivity index is 1.96. The van der Waals surface area contributed by atoms with E-state index < -0.39 is 0 Å². The Bertz CT molecular complexity index is 422. The van der Waals surface area contributed by atoms with E-state index in [2.05, 4.69) is 32.2 Å². The van der Waals surface area contributed by atoms with Crippen LogP contribution in [0.2, 0.25) is 0 Å². The molecule has 1 aromatic rings. The van der Waals surface area contributed by atoms with E-state index in [4.69, 9.17) is 0 Å². The Labute approximate surface area is 123 Å². The van der Waals surface area contributed by atoms with Gasteiger partial charge in [0.15, 0.2) is 0 Å². The van der Waals surface area contributed by atoms with Crippen molar-refractivity contribution in [2.24, 2.45) is 11.8 Å². The standard InChI is InChI=1S/C18H28FN/c1-18(2,3)20-13-16-9-5-4-8-15(16)11-14-7-6-10-17(19)12-14/h6-7,10,12,15-16,20H,4-5,8-9,11,13H2,1-3H3. The van der Waals surface area contributed by atoms with Gasteiger partial charge in [0, 0.05) is 5.54 Å². The minimum atomic E-state index is -0.109. The van der Waals surface area contributed by atoms with Gasteiger partial charge >= 0.3 is 0 Å². The molecule has 0 aromatic heterocycles. The fourth-order valence-corrected chi connectivity index (χ4v) is 3.23. The maximum absolute atomic E-state index is 13.3. The number of hydrogen-bond acceptors (Lipinski definition) is 1. The summed E-state index contributed by atoms with van der Waals surface area (Å²) in [4.78, 5) is 0. The van der Waals surface area contributed by atoms with Gasteiger partial charge in [0.2, 0.25) is 0 Å². The molecule has 0 amide bonds. The highest BCUT2D eigenvalue weighted by molar-refractivity contribution is 5.17. The lowest BCUT2D eigenvalue weighted by atomic mass is 9.76. The number of nitrogens with one attached hydrogen (secondary N) is 1. The Hall–Kier alpha value is -0.890. The van der Waals surface area contributed by atoms with E-state index >= 15 is 0 Å². The lowest BCUT2D eigenvalue weighted by Gasteiger charge is -2.34. The molecule has 0 bridgehead atoms. The average Bonchev–Trinajstić information content (AvgIpc) is 2.37. The second-order valence-electron chi connectivity index (χ2n) is 7.27. The van der Waals surface area contributed by atoms with Gasteiger partial charge in [0.05, 0.1) is 0 Å². The van der Waals surface area contributed by atoms with Crippen molar-refractivity contribution in [2.45, 2.75) is 58.4 Å². The zero-order valence-corrected chi connectivity index (χ0v) is 13.1. The first-order valence-corrected chi connectivity index (χ1v) is 7.93. The van der Waals surface area contributed by atoms with E-state index in [1.54, 1.807) is 6.07 Å². The maximum atomic E-state index is 13.3. The Morgan fingerprint density at radius 3 is 2.50 bits per heavy atom. The van der Waals surface area contributed by atoms with E-state index in [9.17, 15) is 4.39 Å². The average molecular weight is 277 g/mol. The summed E-state index contributed by atoms with van der Waals surface area (Å²) in [6.07, 6.45) is 6.28. The molecule has 0 radical (unpaired) electrons. The summed E-state index contributed by atoms with van der Waals surface area (Å²) in [5, 5.41) is 3.64. The van der Waals surface area contributed by atoms with Gasteiger partial charge in [-0.2, -0.15) is 0 Å². The summed E-state index contributed by atoms with van der Waals surface area (Å²) in [6.45, 7) is 7.75. The fraction of sp³-hybridized carbons (Fsp3) is 0.667. The molecule has 0 saturated heterocycles. The molecule has 1 aliphatic carbocycles. The van der Waals surface area contributed by atoms with Crippen LogP contribution in [0.4, 0.5) is 4.39 Å². The molecule has 1 N–H and O–H groups in total. The summed E-state index contributed by atoms with van der Waals surface area (Å²) in [5.41, 5.74) is 1.33. The molecule has 20 heavy (non-hydrogen) atoms. The molecule has 1 nitrogen and oxygen atoms in total. The van der Waals surface area contributed by atoms with Crippen LogP contribution in [0, 0.1) is 17.7 Å². The molecule has 0 spiro atoms. The summed E-state index contributed by atoms with van der Waals surface area (Å²) in [6, 6.07) is 7.12. The molecule has 2 unspecified atom stereocenters. The van der Waals surface area contributed by atoms with Gasteiger partial charge in [-0.3, -0.25) is 0 Å². The molecule has 1 fully saturated rings. The van der Waals surface area contributed by atoms with Crippen LogP contribution in [0.1, 0.15) is 52.0 Å². The Kier molecular flexibility index (Phi) is 5.20. The molecule has 1 aromatic carbocycles. The molecular formula is C18H28FN. The van der Waals surface area contributed by atoms with Crippen LogP contribution in [-0.4, -0.2) is 12.1 Å². The molecule has 2 rings (SSSR count). The van der Waals surface area contributed by atoms with Crippen molar-refractivity contribution in [3.05, 3.63) is 35.6 Å². The SMILES string of the molecule is CC(C)(C)NCC1CCCCC1Cc1cccc(F)c1. The number of rotatable bonds is 4. The summed E-state index contributed by atoms with van der Waals surface area (Å²) >= 11 is 0. The first-order chi connectivity index (χ1) is 9.44. The van der Waals surface area contributed by atoms with Crippen molar-refractivity contribution in [3.8, 4) is 0 Å². The van der Waals surface area contributed by atoms with Crippen molar-refractivity contribution >= 4 is 0 Å². The zero-order chi connectivity index (χ0) is 14.6. The van der Waals surface area contributed by atoms with Gasteiger partial charge in [-0.25, -0.2) is 4.39 Å². The van der Waals surface area contributed by atoms with E-state index in [0.29, 0.717) is 5.92 Å². The van der Waals surface area contributed by atoms with Gasteiger partial charge < -0.3 is 5.32 Å². The molecule has 2 heteroatoms. The lowest BCUT2D eigenvalue weighted by Crippen LogP contribution is -2.41. The maximum Gasteiger partial charge on any atom is 0.123 e. The number of hydrogen-bond donors (Lipinski definition) is 1. The molecule has 2 atom stereocenters. The highest BCUT2D eigenvalue weighted by Crippen LogP contribution is 2.32. The summed E-state index contributed by atoms with van der Waals surface area (Å²) < 4.78 is 13.3. The predicted octanol–water partition coefficient (Wildman–Crippen LogP) is 4.56. The summed E-state index contributed by atoms with van der Waals surface area (Å²) in [5.74, 6) is 1.31. The molecular weight excluding hydrogens is 249 g/mol. The largest absolute Gasteiger partial charge is 0.312 e. The first kappa shape index (κ1) is 15.5. The normalized spacial score (nSPS) is 23.8. The molecule has 1 saturated carbocycles. The van der Waals surface area contributed by atoms with Crippen LogP contribution in [-0.2, 0) is 6.42 Å². The van der Waals surface area contributed by atoms with Gasteiger partial charge in [-0.15, -0.1) is 0 Å². The van der Waals surface area contributed by atoms with E-state index in [-0.39, 0.29) is 11.4 Å². The van der Waals surface area contributed by atoms with Crippen LogP contribution in [0.25, 0.3) is 0 Å². The second-order valence-corrected chi connectivity index (χ2v) is 7.27. The lowest BCUT2D eigenvalue weighted by molar-refractivity contribution is 0.213. The van der Waals surface area contributed by atoms with E-state index in [1.807, 2.05) is 6.07 Å². The first-order valence-electron chi connectivity index (χ1n) is 7.93. The van der Waals surface area contributed by atoms with Crippen LogP contribution in [0.15, 0.2) is 24.3 Å². The number of benzene rings is 1. The van der Waals surface area contributed by atoms with E-state index in [0.717, 1.165) is 24.4 Å². The minimum absolute atomic E-state index is 0.109. The van der Waals surface area contributed by atoms with Gasteiger partial charge in [0.1, 0.15) is 5.82 Å². The van der Waals surface area contributed by atoms with Gasteiger partial charge in [0.25, 0.3) is 0 Å². The molecule has 0 aliphatic heterocycles. The van der Waals surface area contributed by atoms with Gasteiger partial charge in [-0.1, -0.05) is 25.0 Å². The van der Waals surface area contributed by atoms with Crippen molar-refractivity contribution in [3.63, 3.8) is 0 Å². The van der Waals surface area contributed by atoms with Crippen molar-refractivity contribution < 1.29 is 4.39 Å². The number of halogens is 1. The van der Waals surface area contributed by atoms with Crippen molar-refractivity contribution in [1.82, 2.24) is 5.32 Å². The highest BCUT2D eigenvalue weighted by atomic mass is 19.1. The monoisotopic (exact) mass is 277 g/mol. The Morgan fingerprint density at radius 2 is 1.85 bits per heavy atom. The van der Waals surface area contributed by atoms with Crippen molar-refractivity contribution in [1.29, 1.82) is 0 Å².